The van der Waals surface area contributed by atoms with Crippen LogP contribution in [0.3, 0.4) is 0 Å². The molecule has 2 heteroatoms. The van der Waals surface area contributed by atoms with E-state index in [0.29, 0.717) is 0 Å². The third kappa shape index (κ3) is 2.40. The summed E-state index contributed by atoms with van der Waals surface area (Å²) >= 11 is 0. The lowest BCUT2D eigenvalue weighted by Crippen LogP contribution is -2.19. The van der Waals surface area contributed by atoms with E-state index >= 15 is 0 Å². The van der Waals surface area contributed by atoms with Crippen molar-refractivity contribution in [2.75, 3.05) is 0 Å². The number of rotatable bonds is 2. The first kappa shape index (κ1) is 9.40. The maximum absolute atomic E-state index is 4.63. The summed E-state index contributed by atoms with van der Waals surface area (Å²) in [5.41, 5.74) is 0.980. The Morgan fingerprint density at radius 2 is 2.15 bits per heavy atom. The minimum Gasteiger partial charge on any atom is -0.282 e. The van der Waals surface area contributed by atoms with Crippen LogP contribution in [0, 0.1) is 0 Å². The molecule has 1 heterocycles. The van der Waals surface area contributed by atoms with Crippen LogP contribution in [0.25, 0.3) is 0 Å². The van der Waals surface area contributed by atoms with E-state index in [4.69, 9.17) is 0 Å². The van der Waals surface area contributed by atoms with Crippen molar-refractivity contribution in [2.24, 2.45) is 4.99 Å². The highest BCUT2D eigenvalue weighted by molar-refractivity contribution is 7.40. The first-order valence-electron chi connectivity index (χ1n) is 5.27. The number of allylic oxidation sites excluding steroid dienone is 1. The molecule has 1 saturated carbocycles. The molecule has 0 saturated heterocycles. The molecule has 2 rings (SSSR count). The van der Waals surface area contributed by atoms with Gasteiger partial charge in [-0.05, 0) is 37.9 Å². The molecule has 0 spiro atoms. The molecule has 0 radical (unpaired) electrons. The van der Waals surface area contributed by atoms with Gasteiger partial charge in [0, 0.05) is 6.21 Å². The molecule has 2 aliphatic rings. The van der Waals surface area contributed by atoms with Gasteiger partial charge < -0.3 is 0 Å². The molecule has 13 heavy (non-hydrogen) atoms. The Morgan fingerprint density at radius 1 is 1.38 bits per heavy atom. The molecule has 72 valence electrons. The average Bonchev–Trinajstić information content (AvgIpc) is 2.57. The molecular formula is C11H18NP. The Hall–Kier alpha value is -0.160. The molecule has 0 aromatic heterocycles. The van der Waals surface area contributed by atoms with Crippen LogP contribution in [0.5, 0.6) is 0 Å². The van der Waals surface area contributed by atoms with Crippen LogP contribution in [-0.2, 0) is 0 Å². The van der Waals surface area contributed by atoms with Gasteiger partial charge in [0.15, 0.2) is 0 Å². The maximum Gasteiger partial charge on any atom is 0.0778 e. The van der Waals surface area contributed by atoms with Crippen LogP contribution in [0.15, 0.2) is 17.1 Å². The topological polar surface area (TPSA) is 12.4 Å². The molecule has 1 nitrogen and oxygen atoms in total. The van der Waals surface area contributed by atoms with Crippen LogP contribution < -0.4 is 0 Å². The predicted molar refractivity (Wildman–Crippen MR) is 61.2 cm³/mol. The summed E-state index contributed by atoms with van der Waals surface area (Å²) < 4.78 is 0. The summed E-state index contributed by atoms with van der Waals surface area (Å²) in [5, 5.41) is 0.254. The maximum atomic E-state index is 4.63. The van der Waals surface area contributed by atoms with Gasteiger partial charge in [-0.2, -0.15) is 0 Å². The fraction of sp³-hybridized carbons (Fsp3) is 0.727. The minimum absolute atomic E-state index is 0.254. The van der Waals surface area contributed by atoms with Crippen molar-refractivity contribution in [3.63, 3.8) is 0 Å². The van der Waals surface area contributed by atoms with Gasteiger partial charge in [0.25, 0.3) is 0 Å². The number of aliphatic imine (C=N–C) groups is 1. The number of nitrogens with zero attached hydrogens (tertiary/aromatic N) is 1. The second kappa shape index (κ2) is 3.92. The van der Waals surface area contributed by atoms with Crippen molar-refractivity contribution in [2.45, 2.75) is 50.0 Å². The fourth-order valence-corrected chi connectivity index (χ4v) is 4.19. The quantitative estimate of drug-likeness (QED) is 0.599. The van der Waals surface area contributed by atoms with Crippen LogP contribution in [0.1, 0.15) is 39.0 Å². The number of hydrogen-bond acceptors (Lipinski definition) is 1. The lowest BCUT2D eigenvalue weighted by atomic mass is 10.2. The fourth-order valence-electron chi connectivity index (χ4n) is 2.22. The molecule has 2 unspecified atom stereocenters. The van der Waals surface area contributed by atoms with Crippen molar-refractivity contribution in [1.29, 1.82) is 0 Å². The predicted octanol–water partition coefficient (Wildman–Crippen LogP) is 3.35. The van der Waals surface area contributed by atoms with Gasteiger partial charge in [-0.25, -0.2) is 0 Å². The summed E-state index contributed by atoms with van der Waals surface area (Å²) in [6.07, 6.45) is 13.3. The van der Waals surface area contributed by atoms with Crippen LogP contribution >= 0.6 is 8.58 Å². The van der Waals surface area contributed by atoms with Crippen LogP contribution in [0.2, 0.25) is 0 Å². The van der Waals surface area contributed by atoms with Gasteiger partial charge in [0.2, 0.25) is 0 Å². The second-order valence-electron chi connectivity index (χ2n) is 4.31. The molecule has 0 N–H and O–H groups in total. The van der Waals surface area contributed by atoms with Crippen molar-refractivity contribution in [3.8, 4) is 0 Å². The van der Waals surface area contributed by atoms with Gasteiger partial charge in [0.05, 0.1) is 5.28 Å². The molecule has 1 fully saturated rings. The lowest BCUT2D eigenvalue weighted by Gasteiger charge is -2.28. The second-order valence-corrected chi connectivity index (χ2v) is 6.49. The molecule has 1 aliphatic heterocycles. The highest BCUT2D eigenvalue weighted by Crippen LogP contribution is 2.46. The summed E-state index contributed by atoms with van der Waals surface area (Å²) in [5.74, 6) is 0. The number of dihydropyridines is 1. The van der Waals surface area contributed by atoms with Gasteiger partial charge >= 0.3 is 0 Å². The SMILES string of the molecule is CC1(PC2CCCC2)CC=CC=N1. The van der Waals surface area contributed by atoms with Crippen molar-refractivity contribution < 1.29 is 0 Å². The van der Waals surface area contributed by atoms with Gasteiger partial charge in [-0.1, -0.05) is 27.5 Å². The smallest absolute Gasteiger partial charge is 0.0778 e. The van der Waals surface area contributed by atoms with Crippen molar-refractivity contribution >= 4 is 14.8 Å². The van der Waals surface area contributed by atoms with Crippen molar-refractivity contribution in [3.05, 3.63) is 12.2 Å². The monoisotopic (exact) mass is 195 g/mol. The average molecular weight is 195 g/mol. The summed E-state index contributed by atoms with van der Waals surface area (Å²) in [7, 11) is 1.04. The van der Waals surface area contributed by atoms with Crippen LogP contribution in [-0.4, -0.2) is 17.2 Å². The van der Waals surface area contributed by atoms with Crippen LogP contribution in [0.4, 0.5) is 0 Å². The standard InChI is InChI=1S/C11H18NP/c1-11(8-4-5-9-12-11)13-10-6-2-3-7-10/h4-5,9-10,13H,2-3,6-8H2,1H3. The van der Waals surface area contributed by atoms with Crippen molar-refractivity contribution in [1.82, 2.24) is 0 Å². The third-order valence-electron chi connectivity index (χ3n) is 2.97. The molecular weight excluding hydrogens is 177 g/mol. The van der Waals surface area contributed by atoms with E-state index in [9.17, 15) is 0 Å². The highest BCUT2D eigenvalue weighted by atomic mass is 31.1. The Balaban J connectivity index is 1.92. The van der Waals surface area contributed by atoms with E-state index in [1.165, 1.54) is 25.7 Å². The minimum atomic E-state index is 0.254. The Bertz CT molecular complexity index is 228. The normalized spacial score (nSPS) is 35.2. The molecule has 2 atom stereocenters. The molecule has 0 aromatic rings. The molecule has 1 aliphatic carbocycles. The summed E-state index contributed by atoms with van der Waals surface area (Å²) in [6.45, 7) is 2.31. The van der Waals surface area contributed by atoms with Gasteiger partial charge in [-0.3, -0.25) is 4.99 Å². The zero-order chi connectivity index (χ0) is 9.15. The first-order chi connectivity index (χ1) is 6.29. The molecule has 0 bridgehead atoms. The van der Waals surface area contributed by atoms with E-state index in [1.807, 2.05) is 6.21 Å². The zero-order valence-corrected chi connectivity index (χ0v) is 9.29. The summed E-state index contributed by atoms with van der Waals surface area (Å²) in [4.78, 5) is 4.63. The van der Waals surface area contributed by atoms with E-state index in [0.717, 1.165) is 20.7 Å². The molecule has 0 aromatic carbocycles. The van der Waals surface area contributed by atoms with E-state index in [2.05, 4.69) is 24.1 Å². The van der Waals surface area contributed by atoms with E-state index in [1.54, 1.807) is 0 Å². The molecule has 0 amide bonds. The number of hydrogen-bond donors (Lipinski definition) is 0. The highest BCUT2D eigenvalue weighted by Gasteiger charge is 2.28. The Kier molecular flexibility index (Phi) is 2.83. The first-order valence-corrected chi connectivity index (χ1v) is 6.34. The third-order valence-corrected chi connectivity index (χ3v) is 4.91. The zero-order valence-electron chi connectivity index (χ0n) is 8.29. The Morgan fingerprint density at radius 3 is 2.77 bits per heavy atom. The summed E-state index contributed by atoms with van der Waals surface area (Å²) in [6, 6.07) is 0. The Labute approximate surface area is 82.5 Å². The lowest BCUT2D eigenvalue weighted by molar-refractivity contribution is 0.669. The van der Waals surface area contributed by atoms with E-state index < -0.39 is 0 Å². The van der Waals surface area contributed by atoms with Gasteiger partial charge in [-0.15, -0.1) is 0 Å². The van der Waals surface area contributed by atoms with Gasteiger partial charge in [0.1, 0.15) is 0 Å². The van der Waals surface area contributed by atoms with E-state index in [-0.39, 0.29) is 5.28 Å². The largest absolute Gasteiger partial charge is 0.282 e.